The van der Waals surface area contributed by atoms with Crippen molar-refractivity contribution in [1.82, 2.24) is 0 Å². The molecule has 2 aliphatic carbocycles. The second-order valence-corrected chi connectivity index (χ2v) is 5.92. The van der Waals surface area contributed by atoms with Gasteiger partial charge in [0.15, 0.2) is 0 Å². The van der Waals surface area contributed by atoms with Crippen LogP contribution in [-0.4, -0.2) is 10.6 Å². The smallest absolute Gasteiger partial charge is 0.123 e. The molecule has 2 heterocycles. The lowest BCUT2D eigenvalue weighted by atomic mass is 9.67. The molecule has 0 amide bonds. The summed E-state index contributed by atoms with van der Waals surface area (Å²) in [6.07, 6.45) is 7.28. The van der Waals surface area contributed by atoms with Crippen LogP contribution in [0.15, 0.2) is 0 Å². The van der Waals surface area contributed by atoms with Crippen LogP contribution in [-0.2, 0) is 4.74 Å². The number of hydrogen-bond donors (Lipinski definition) is 0. The minimum atomic E-state index is 0.113. The summed E-state index contributed by atoms with van der Waals surface area (Å²) < 4.78 is 6.04. The Bertz CT molecular complexity index is 155. The maximum absolute atomic E-state index is 5.93. The molecular weight excluding hydrogens is 204 g/mol. The van der Waals surface area contributed by atoms with Gasteiger partial charge in [-0.3, -0.25) is 0 Å². The molecule has 2 aliphatic heterocycles. The third kappa shape index (κ3) is 0.988. The Morgan fingerprint density at radius 2 is 1.73 bits per heavy atom. The van der Waals surface area contributed by atoms with Crippen molar-refractivity contribution in [2.45, 2.75) is 42.7 Å². The van der Waals surface area contributed by atoms with Crippen LogP contribution in [0.3, 0.4) is 0 Å². The summed E-state index contributed by atoms with van der Waals surface area (Å²) in [5.41, 5.74) is 0. The lowest BCUT2D eigenvalue weighted by Gasteiger charge is -2.53. The Morgan fingerprint density at radius 1 is 1.09 bits per heavy atom. The van der Waals surface area contributed by atoms with Gasteiger partial charge in [-0.1, -0.05) is 15.9 Å². The molecule has 4 bridgehead atoms. The van der Waals surface area contributed by atoms with Crippen molar-refractivity contribution in [1.29, 1.82) is 0 Å². The van der Waals surface area contributed by atoms with Crippen molar-refractivity contribution >= 4 is 15.9 Å². The fourth-order valence-corrected chi connectivity index (χ4v) is 4.45. The molecule has 1 nitrogen and oxygen atoms in total. The largest absolute Gasteiger partial charge is 0.360 e. The van der Waals surface area contributed by atoms with E-state index in [-0.39, 0.29) is 4.51 Å². The average Bonchev–Trinajstić information content (AvgIpc) is 1.79. The molecule has 4 aliphatic rings. The quantitative estimate of drug-likeness (QED) is 0.567. The van der Waals surface area contributed by atoms with Gasteiger partial charge in [0, 0.05) is 0 Å². The first-order chi connectivity index (χ1) is 5.23. The van der Waals surface area contributed by atoms with E-state index in [9.17, 15) is 0 Å². The summed E-state index contributed by atoms with van der Waals surface area (Å²) in [4.78, 5) is 0. The minimum absolute atomic E-state index is 0.113. The summed E-state index contributed by atoms with van der Waals surface area (Å²) in [7, 11) is 0. The van der Waals surface area contributed by atoms with Crippen molar-refractivity contribution in [3.8, 4) is 0 Å². The third-order valence-electron chi connectivity index (χ3n) is 3.42. The van der Waals surface area contributed by atoms with Gasteiger partial charge in [0.1, 0.15) is 4.51 Å². The van der Waals surface area contributed by atoms with E-state index in [0.717, 1.165) is 11.8 Å². The molecule has 0 N–H and O–H groups in total. The Hall–Kier alpha value is 0.440. The maximum atomic E-state index is 5.93. The highest BCUT2D eigenvalue weighted by Crippen LogP contribution is 2.55. The molecule has 0 aromatic heterocycles. The van der Waals surface area contributed by atoms with Gasteiger partial charge in [-0.25, -0.2) is 0 Å². The summed E-state index contributed by atoms with van der Waals surface area (Å²) in [5, 5.41) is 0. The van der Waals surface area contributed by atoms with Crippen LogP contribution in [0.5, 0.6) is 0 Å². The van der Waals surface area contributed by atoms with E-state index in [1.165, 1.54) is 32.1 Å². The molecule has 2 saturated carbocycles. The molecule has 0 spiro atoms. The van der Waals surface area contributed by atoms with Gasteiger partial charge in [-0.2, -0.15) is 0 Å². The van der Waals surface area contributed by atoms with Gasteiger partial charge >= 0.3 is 0 Å². The molecule has 4 fully saturated rings. The van der Waals surface area contributed by atoms with E-state index in [2.05, 4.69) is 15.9 Å². The summed E-state index contributed by atoms with van der Waals surface area (Å²) >= 11 is 3.74. The van der Waals surface area contributed by atoms with E-state index in [1.54, 1.807) is 0 Å². The standard InChI is InChI=1S/C9H13BrO/c10-9-4-6-1-7(5-9)3-8(2-6)11-9/h6-8H,1-5H2. The van der Waals surface area contributed by atoms with Gasteiger partial charge in [-0.05, 0) is 43.9 Å². The molecule has 0 radical (unpaired) electrons. The molecule has 0 aromatic carbocycles. The summed E-state index contributed by atoms with van der Waals surface area (Å²) in [6, 6.07) is 0. The Kier molecular flexibility index (Phi) is 1.27. The number of alkyl halides is 1. The van der Waals surface area contributed by atoms with Crippen molar-refractivity contribution in [3.05, 3.63) is 0 Å². The highest BCUT2D eigenvalue weighted by molar-refractivity contribution is 9.10. The zero-order chi connectivity index (χ0) is 7.47. The minimum Gasteiger partial charge on any atom is -0.360 e. The van der Waals surface area contributed by atoms with E-state index in [0.29, 0.717) is 6.10 Å². The van der Waals surface area contributed by atoms with Crippen LogP contribution in [0.2, 0.25) is 0 Å². The molecule has 2 saturated heterocycles. The second-order valence-electron chi connectivity index (χ2n) is 4.47. The molecule has 11 heavy (non-hydrogen) atoms. The van der Waals surface area contributed by atoms with Gasteiger partial charge in [0.25, 0.3) is 0 Å². The van der Waals surface area contributed by atoms with Gasteiger partial charge < -0.3 is 4.74 Å². The van der Waals surface area contributed by atoms with Crippen LogP contribution in [0, 0.1) is 11.8 Å². The van der Waals surface area contributed by atoms with Crippen LogP contribution in [0.25, 0.3) is 0 Å². The number of ether oxygens (including phenoxy) is 1. The molecular formula is C9H13BrO. The van der Waals surface area contributed by atoms with E-state index in [4.69, 9.17) is 4.74 Å². The zero-order valence-electron chi connectivity index (χ0n) is 6.55. The molecule has 2 heteroatoms. The fourth-order valence-electron chi connectivity index (χ4n) is 3.27. The SMILES string of the molecule is BrC12CC3CC(CC(C3)O1)C2. The zero-order valence-corrected chi connectivity index (χ0v) is 8.14. The number of hydrogen-bond acceptors (Lipinski definition) is 1. The molecule has 62 valence electrons. The Labute approximate surface area is 75.6 Å². The highest BCUT2D eigenvalue weighted by Gasteiger charge is 2.50. The van der Waals surface area contributed by atoms with Crippen molar-refractivity contribution in [3.63, 3.8) is 0 Å². The summed E-state index contributed by atoms with van der Waals surface area (Å²) in [6.45, 7) is 0. The first-order valence-corrected chi connectivity index (χ1v) is 5.39. The van der Waals surface area contributed by atoms with Gasteiger partial charge in [-0.15, -0.1) is 0 Å². The van der Waals surface area contributed by atoms with Crippen molar-refractivity contribution in [2.75, 3.05) is 0 Å². The van der Waals surface area contributed by atoms with E-state index < -0.39 is 0 Å². The molecule has 2 atom stereocenters. The maximum Gasteiger partial charge on any atom is 0.123 e. The molecule has 4 rings (SSSR count). The van der Waals surface area contributed by atoms with Gasteiger partial charge in [0.2, 0.25) is 0 Å². The number of rotatable bonds is 0. The monoisotopic (exact) mass is 216 g/mol. The Balaban J connectivity index is 1.94. The average molecular weight is 217 g/mol. The Morgan fingerprint density at radius 3 is 2.18 bits per heavy atom. The second kappa shape index (κ2) is 2.02. The molecule has 0 aromatic rings. The van der Waals surface area contributed by atoms with E-state index >= 15 is 0 Å². The van der Waals surface area contributed by atoms with Gasteiger partial charge in [0.05, 0.1) is 6.10 Å². The third-order valence-corrected chi connectivity index (χ3v) is 4.26. The van der Waals surface area contributed by atoms with Crippen LogP contribution >= 0.6 is 15.9 Å². The normalized spacial score (nSPS) is 60.3. The van der Waals surface area contributed by atoms with Crippen LogP contribution in [0.4, 0.5) is 0 Å². The predicted molar refractivity (Wildman–Crippen MR) is 46.6 cm³/mol. The highest BCUT2D eigenvalue weighted by atomic mass is 79.9. The van der Waals surface area contributed by atoms with Crippen molar-refractivity contribution < 1.29 is 4.74 Å². The lowest BCUT2D eigenvalue weighted by molar-refractivity contribution is -0.169. The first kappa shape index (κ1) is 6.90. The van der Waals surface area contributed by atoms with E-state index in [1.807, 2.05) is 0 Å². The van der Waals surface area contributed by atoms with Crippen molar-refractivity contribution in [2.24, 2.45) is 11.8 Å². The van der Waals surface area contributed by atoms with Crippen LogP contribution in [0.1, 0.15) is 32.1 Å². The van der Waals surface area contributed by atoms with Crippen LogP contribution < -0.4 is 0 Å². The fraction of sp³-hybridized carbons (Fsp3) is 1.00. The topological polar surface area (TPSA) is 9.23 Å². The molecule has 2 unspecified atom stereocenters. The first-order valence-electron chi connectivity index (χ1n) is 4.60. The number of halogens is 1. The lowest BCUT2D eigenvalue weighted by Crippen LogP contribution is -2.51. The predicted octanol–water partition coefficient (Wildman–Crippen LogP) is 2.69. The summed E-state index contributed by atoms with van der Waals surface area (Å²) in [5.74, 6) is 1.95.